The van der Waals surface area contributed by atoms with Crippen LogP contribution in [0.1, 0.15) is 0 Å². The zero-order valence-electron chi connectivity index (χ0n) is 6.45. The predicted molar refractivity (Wildman–Crippen MR) is 43.0 cm³/mol. The second kappa shape index (κ2) is 12.5. The van der Waals surface area contributed by atoms with Gasteiger partial charge in [0.05, 0.1) is 0 Å². The topological polar surface area (TPSA) is 161 Å². The number of hydrogen-bond acceptors (Lipinski definition) is 9. The summed E-state index contributed by atoms with van der Waals surface area (Å²) in [5, 5.41) is 36.8. The van der Waals surface area contributed by atoms with Crippen molar-refractivity contribution in [3.63, 3.8) is 0 Å². The number of rotatable bonds is 0. The molecule has 0 unspecified atom stereocenters. The third-order valence-corrected chi connectivity index (χ3v) is 0.443. The molecule has 0 aliphatic heterocycles. The van der Waals surface area contributed by atoms with Crippen molar-refractivity contribution in [3.05, 3.63) is 0 Å². The maximum absolute atomic E-state index is 10.1. The van der Waals surface area contributed by atoms with E-state index in [1.165, 1.54) is 0 Å². The van der Waals surface area contributed by atoms with E-state index in [0.717, 1.165) is 12.5 Å². The van der Waals surface area contributed by atoms with E-state index < -0.39 is 19.3 Å². The number of nitrogens with zero attached hydrogens (tertiary/aromatic N) is 2. The summed E-state index contributed by atoms with van der Waals surface area (Å²) in [5.74, 6) is -3.02. The second-order valence-electron chi connectivity index (χ2n) is 1.31. The molecule has 11 heteroatoms. The number of nitriles is 2. The van der Waals surface area contributed by atoms with Gasteiger partial charge in [-0.3, -0.25) is 0 Å². The molecule has 0 aliphatic carbocycles. The molecule has 0 saturated heterocycles. The molecule has 0 amide bonds. The molecule has 0 aromatic carbocycles. The van der Waals surface area contributed by atoms with Gasteiger partial charge in [0.25, 0.3) is 12.5 Å². The Hall–Kier alpha value is -1.54. The number of hydrogen-bond donors (Lipinski definition) is 3. The van der Waals surface area contributed by atoms with Crippen molar-refractivity contribution in [2.75, 3.05) is 0 Å². The van der Waals surface area contributed by atoms with Gasteiger partial charge in [0.15, 0.2) is 0 Å². The fourth-order valence-corrected chi connectivity index (χ4v) is 0.166. The van der Waals surface area contributed by atoms with Gasteiger partial charge in [-0.25, -0.2) is 9.59 Å². The summed E-state index contributed by atoms with van der Waals surface area (Å²) in [4.78, 5) is 20.1. The van der Waals surface area contributed by atoms with Crippen LogP contribution in [-0.4, -0.2) is 53.2 Å². The average molecular weight is 210 g/mol. The number of esters is 2. The van der Waals surface area contributed by atoms with Crippen LogP contribution in [0.4, 0.5) is 0 Å². The Morgan fingerprint density at radius 2 is 1.20 bits per heavy atom. The normalized spacial score (nSPS) is 6.20. The standard InChI is InChI=1S/C4N2O4.BH3O3.Li.H/c5-1-9-3(7)4(8)10-2-6;2-1(3)4;;/h;2-4H;;. The summed E-state index contributed by atoms with van der Waals surface area (Å²) < 4.78 is 6.99. The van der Waals surface area contributed by atoms with Crippen molar-refractivity contribution in [1.82, 2.24) is 0 Å². The minimum atomic E-state index is -2.17. The molecule has 0 heterocycles. The van der Waals surface area contributed by atoms with E-state index in [2.05, 4.69) is 9.47 Å². The summed E-state index contributed by atoms with van der Waals surface area (Å²) in [6.45, 7) is 0. The van der Waals surface area contributed by atoms with Crippen molar-refractivity contribution in [2.24, 2.45) is 0 Å². The molecule has 76 valence electrons. The third-order valence-electron chi connectivity index (χ3n) is 0.443. The molecule has 9 nitrogen and oxygen atoms in total. The Bertz CT molecular complexity index is 253. The van der Waals surface area contributed by atoms with Gasteiger partial charge in [-0.05, 0) is 0 Å². The van der Waals surface area contributed by atoms with Crippen molar-refractivity contribution in [2.45, 2.75) is 0 Å². The maximum atomic E-state index is 10.1. The van der Waals surface area contributed by atoms with Crippen LogP contribution in [0.15, 0.2) is 0 Å². The Morgan fingerprint density at radius 1 is 1.00 bits per heavy atom. The van der Waals surface area contributed by atoms with Gasteiger partial charge in [-0.15, -0.1) is 10.5 Å². The molecule has 3 N–H and O–H groups in total. The molecule has 0 rings (SSSR count). The van der Waals surface area contributed by atoms with E-state index >= 15 is 0 Å². The first-order chi connectivity index (χ1) is 6.45. The van der Waals surface area contributed by atoms with Gasteiger partial charge in [0.1, 0.15) is 0 Å². The van der Waals surface area contributed by atoms with Gasteiger partial charge in [0, 0.05) is 0 Å². The molecule has 15 heavy (non-hydrogen) atoms. The van der Waals surface area contributed by atoms with E-state index in [0.29, 0.717) is 0 Å². The van der Waals surface area contributed by atoms with Crippen LogP contribution in [-0.2, 0) is 19.1 Å². The van der Waals surface area contributed by atoms with Crippen molar-refractivity contribution in [3.8, 4) is 12.5 Å². The Kier molecular flexibility index (Phi) is 15.9. The van der Waals surface area contributed by atoms with Crippen LogP contribution in [0.5, 0.6) is 0 Å². The molecule has 0 saturated carbocycles. The minimum absolute atomic E-state index is 0. The Balaban J connectivity index is -0.000000249. The zero-order chi connectivity index (χ0) is 11.6. The quantitative estimate of drug-likeness (QED) is 0.158. The molecule has 0 aromatic rings. The molecule has 0 spiro atoms. The molecule has 0 radical (unpaired) electrons. The number of ether oxygens (including phenoxy) is 2. The van der Waals surface area contributed by atoms with Crippen molar-refractivity contribution >= 4 is 38.1 Å². The van der Waals surface area contributed by atoms with Crippen LogP contribution in [0.3, 0.4) is 0 Å². The molecule has 0 aromatic heterocycles. The van der Waals surface area contributed by atoms with Crippen LogP contribution < -0.4 is 0 Å². The molecular weight excluding hydrogens is 206 g/mol. The van der Waals surface area contributed by atoms with Crippen LogP contribution in [0, 0.1) is 23.0 Å². The SMILES string of the molecule is N#COC(=O)C(=O)OC#N.OB(O)O.[LiH]. The first kappa shape index (κ1) is 19.1. The summed E-state index contributed by atoms with van der Waals surface area (Å²) in [6.07, 6.45) is 1.89. The van der Waals surface area contributed by atoms with Gasteiger partial charge in [0.2, 0.25) is 0 Å². The van der Waals surface area contributed by atoms with Crippen LogP contribution >= 0.6 is 0 Å². The van der Waals surface area contributed by atoms with Gasteiger partial charge < -0.3 is 24.5 Å². The molecule has 0 bridgehead atoms. The van der Waals surface area contributed by atoms with Crippen molar-refractivity contribution < 1.29 is 34.1 Å². The second-order valence-corrected chi connectivity index (χ2v) is 1.31. The number of carbonyl (C=O) groups is 2. The van der Waals surface area contributed by atoms with E-state index in [1.807, 2.05) is 0 Å². The number of carbonyl (C=O) groups excluding carboxylic acids is 2. The van der Waals surface area contributed by atoms with Crippen molar-refractivity contribution in [1.29, 1.82) is 10.5 Å². The van der Waals surface area contributed by atoms with Gasteiger partial charge in [-0.2, -0.15) is 0 Å². The Morgan fingerprint density at radius 3 is 1.33 bits per heavy atom. The predicted octanol–water partition coefficient (Wildman–Crippen LogP) is -3.67. The van der Waals surface area contributed by atoms with E-state index in [9.17, 15) is 9.59 Å². The van der Waals surface area contributed by atoms with E-state index in [1.54, 1.807) is 0 Å². The first-order valence-electron chi connectivity index (χ1n) is 2.70. The molecule has 0 atom stereocenters. The molecule has 0 aliphatic rings. The Labute approximate surface area is 95.8 Å². The summed E-state index contributed by atoms with van der Waals surface area (Å²) in [5.41, 5.74) is 0. The van der Waals surface area contributed by atoms with E-state index in [-0.39, 0.29) is 18.9 Å². The fourth-order valence-electron chi connectivity index (χ4n) is 0.166. The molecular formula is C4H4BLiN2O7. The summed E-state index contributed by atoms with van der Waals surface area (Å²) in [6, 6.07) is 0. The van der Waals surface area contributed by atoms with Crippen LogP contribution in [0.25, 0.3) is 0 Å². The molecule has 0 fully saturated rings. The van der Waals surface area contributed by atoms with E-state index in [4.69, 9.17) is 25.6 Å². The van der Waals surface area contributed by atoms with Gasteiger partial charge >= 0.3 is 38.1 Å². The van der Waals surface area contributed by atoms with Gasteiger partial charge in [-0.1, -0.05) is 0 Å². The first-order valence-corrected chi connectivity index (χ1v) is 2.70. The zero-order valence-corrected chi connectivity index (χ0v) is 6.45. The monoisotopic (exact) mass is 210 g/mol. The summed E-state index contributed by atoms with van der Waals surface area (Å²) in [7, 11) is -2.17. The third kappa shape index (κ3) is 19.0. The van der Waals surface area contributed by atoms with Crippen LogP contribution in [0.2, 0.25) is 0 Å². The average Bonchev–Trinajstić information content (AvgIpc) is 2.04. The fraction of sp³-hybridized carbons (Fsp3) is 0. The summed E-state index contributed by atoms with van der Waals surface area (Å²) >= 11 is 0.